The Bertz CT molecular complexity index is 450. The van der Waals surface area contributed by atoms with Crippen LogP contribution in [0.15, 0.2) is 53.6 Å². The van der Waals surface area contributed by atoms with E-state index in [4.69, 9.17) is 0 Å². The van der Waals surface area contributed by atoms with Crippen LogP contribution in [0.2, 0.25) is 0 Å². The zero-order chi connectivity index (χ0) is 12.5. The van der Waals surface area contributed by atoms with Crippen LogP contribution in [0.4, 0.5) is 0 Å². The first-order valence-electron chi connectivity index (χ1n) is 6.28. The minimum absolute atomic E-state index is 1.09. The summed E-state index contributed by atoms with van der Waals surface area (Å²) in [6, 6.07) is 10.1. The van der Waals surface area contributed by atoms with Gasteiger partial charge >= 0.3 is 0 Å². The molecule has 0 aromatic heterocycles. The maximum atomic E-state index is 3.22. The Morgan fingerprint density at radius 2 is 1.59 bits per heavy atom. The van der Waals surface area contributed by atoms with Crippen molar-refractivity contribution in [2.75, 3.05) is 0 Å². The predicted molar refractivity (Wildman–Crippen MR) is 75.7 cm³/mol. The van der Waals surface area contributed by atoms with Gasteiger partial charge in [-0.2, -0.15) is 0 Å². The molecule has 0 saturated heterocycles. The van der Waals surface area contributed by atoms with Gasteiger partial charge in [0.1, 0.15) is 0 Å². The molecule has 1 aromatic rings. The van der Waals surface area contributed by atoms with Crippen LogP contribution in [0.5, 0.6) is 0 Å². The van der Waals surface area contributed by atoms with Crippen molar-refractivity contribution in [1.29, 1.82) is 0 Å². The van der Waals surface area contributed by atoms with Crippen molar-refractivity contribution < 1.29 is 0 Å². The van der Waals surface area contributed by atoms with E-state index in [1.807, 2.05) is 44.2 Å². The average Bonchev–Trinajstić information content (AvgIpc) is 2.42. The molecule has 17 heavy (non-hydrogen) atoms. The first kappa shape index (κ1) is 13.3. The van der Waals surface area contributed by atoms with Gasteiger partial charge in [0.2, 0.25) is 0 Å². The van der Waals surface area contributed by atoms with Gasteiger partial charge in [0, 0.05) is 11.1 Å². The van der Waals surface area contributed by atoms with Gasteiger partial charge in [0.25, 0.3) is 0 Å². The molecule has 0 heterocycles. The van der Waals surface area contributed by atoms with E-state index >= 15 is 0 Å². The highest BCUT2D eigenvalue weighted by Crippen LogP contribution is 2.16. The number of rotatable bonds is 0. The highest BCUT2D eigenvalue weighted by atomic mass is 14.0. The fourth-order valence-corrected chi connectivity index (χ4v) is 1.52. The molecule has 0 nitrogen and oxygen atoms in total. The van der Waals surface area contributed by atoms with Crippen molar-refractivity contribution in [3.05, 3.63) is 59.2 Å². The second-order valence-corrected chi connectivity index (χ2v) is 3.82. The lowest BCUT2D eigenvalue weighted by Gasteiger charge is -2.05. The maximum Gasteiger partial charge on any atom is 0.0248 e. The number of hydrogen-bond donors (Lipinski definition) is 0. The second-order valence-electron chi connectivity index (χ2n) is 3.82. The molecule has 0 amide bonds. The molecule has 2 rings (SSSR count). The quantitative estimate of drug-likeness (QED) is 0.559. The first-order chi connectivity index (χ1) is 8.34. The number of benzene rings is 1. The van der Waals surface area contributed by atoms with Crippen LogP contribution in [0, 0.1) is 11.8 Å². The van der Waals surface area contributed by atoms with Crippen LogP contribution in [-0.2, 0) is 0 Å². The molecular weight excluding hydrogens is 204 g/mol. The van der Waals surface area contributed by atoms with Crippen molar-refractivity contribution >= 4 is 0 Å². The van der Waals surface area contributed by atoms with Gasteiger partial charge < -0.3 is 0 Å². The summed E-state index contributed by atoms with van der Waals surface area (Å²) >= 11 is 0. The third-order valence-corrected chi connectivity index (χ3v) is 2.50. The SMILES string of the molecule is CC.CC1=CC=C(C#Cc2ccccc2)CC1. The van der Waals surface area contributed by atoms with Crippen LogP contribution in [0.3, 0.4) is 0 Å². The molecule has 1 aliphatic rings. The van der Waals surface area contributed by atoms with E-state index in [-0.39, 0.29) is 0 Å². The molecule has 88 valence electrons. The number of hydrogen-bond acceptors (Lipinski definition) is 0. The van der Waals surface area contributed by atoms with E-state index in [1.54, 1.807) is 0 Å². The monoisotopic (exact) mass is 224 g/mol. The lowest BCUT2D eigenvalue weighted by Crippen LogP contribution is -1.88. The van der Waals surface area contributed by atoms with E-state index in [9.17, 15) is 0 Å². The summed E-state index contributed by atoms with van der Waals surface area (Å²) in [6.07, 6.45) is 6.53. The van der Waals surface area contributed by atoms with Gasteiger partial charge in [0.05, 0.1) is 0 Å². The van der Waals surface area contributed by atoms with Gasteiger partial charge in [-0.05, 0) is 31.9 Å². The molecule has 0 atom stereocenters. The molecule has 0 saturated carbocycles. The Labute approximate surface area is 105 Å². The van der Waals surface area contributed by atoms with Crippen molar-refractivity contribution in [2.24, 2.45) is 0 Å². The minimum Gasteiger partial charge on any atom is -0.0729 e. The number of allylic oxidation sites excluding steroid dienone is 4. The normalized spacial score (nSPS) is 13.4. The van der Waals surface area contributed by atoms with Crippen molar-refractivity contribution in [3.8, 4) is 11.8 Å². The van der Waals surface area contributed by atoms with Crippen LogP contribution in [0.25, 0.3) is 0 Å². The molecule has 0 radical (unpaired) electrons. The van der Waals surface area contributed by atoms with Gasteiger partial charge in [-0.3, -0.25) is 0 Å². The zero-order valence-electron chi connectivity index (χ0n) is 11.0. The Morgan fingerprint density at radius 1 is 0.882 bits per heavy atom. The predicted octanol–water partition coefficient (Wildman–Crippen LogP) is 4.73. The third kappa shape index (κ3) is 4.74. The fourth-order valence-electron chi connectivity index (χ4n) is 1.52. The van der Waals surface area contributed by atoms with Crippen molar-refractivity contribution in [2.45, 2.75) is 33.6 Å². The molecular formula is C17H20. The fraction of sp³-hybridized carbons (Fsp3) is 0.294. The molecule has 0 unspecified atom stereocenters. The molecule has 0 bridgehead atoms. The highest BCUT2D eigenvalue weighted by Gasteiger charge is 1.99. The molecule has 0 spiro atoms. The van der Waals surface area contributed by atoms with Gasteiger partial charge in [-0.25, -0.2) is 0 Å². The summed E-state index contributed by atoms with van der Waals surface area (Å²) in [7, 11) is 0. The Morgan fingerprint density at radius 3 is 2.18 bits per heavy atom. The third-order valence-electron chi connectivity index (χ3n) is 2.50. The second kappa shape index (κ2) is 7.52. The molecule has 0 N–H and O–H groups in total. The Kier molecular flexibility index (Phi) is 5.89. The highest BCUT2D eigenvalue weighted by molar-refractivity contribution is 5.43. The van der Waals surface area contributed by atoms with Gasteiger partial charge in [0.15, 0.2) is 0 Å². The van der Waals surface area contributed by atoms with Crippen molar-refractivity contribution in [1.82, 2.24) is 0 Å². The summed E-state index contributed by atoms with van der Waals surface area (Å²) in [5.74, 6) is 6.41. The van der Waals surface area contributed by atoms with Crippen molar-refractivity contribution in [3.63, 3.8) is 0 Å². The standard InChI is InChI=1S/C15H14.C2H6/c1-13-7-9-15(10-8-13)12-11-14-5-3-2-4-6-14;1-2/h2-7,9H,8,10H2,1H3;1-2H3. The minimum atomic E-state index is 1.09. The lowest BCUT2D eigenvalue weighted by atomic mass is 10.00. The van der Waals surface area contributed by atoms with Crippen LogP contribution in [0.1, 0.15) is 39.2 Å². The molecule has 0 heteroatoms. The zero-order valence-corrected chi connectivity index (χ0v) is 11.0. The maximum absolute atomic E-state index is 3.22. The molecule has 1 aromatic carbocycles. The van der Waals surface area contributed by atoms with Crippen LogP contribution in [-0.4, -0.2) is 0 Å². The molecule has 1 aliphatic carbocycles. The Hall–Kier alpha value is -1.74. The molecule has 0 fully saturated rings. The van der Waals surface area contributed by atoms with E-state index in [0.29, 0.717) is 0 Å². The lowest BCUT2D eigenvalue weighted by molar-refractivity contribution is 0.934. The summed E-state index contributed by atoms with van der Waals surface area (Å²) < 4.78 is 0. The Balaban J connectivity index is 0.000000686. The molecule has 0 aliphatic heterocycles. The van der Waals surface area contributed by atoms with E-state index < -0.39 is 0 Å². The summed E-state index contributed by atoms with van der Waals surface area (Å²) in [6.45, 7) is 6.16. The smallest absolute Gasteiger partial charge is 0.0248 e. The topological polar surface area (TPSA) is 0 Å². The van der Waals surface area contributed by atoms with E-state index in [1.165, 1.54) is 11.1 Å². The van der Waals surface area contributed by atoms with E-state index in [0.717, 1.165) is 18.4 Å². The summed E-state index contributed by atoms with van der Waals surface area (Å²) in [5.41, 5.74) is 3.77. The first-order valence-corrected chi connectivity index (χ1v) is 6.28. The van der Waals surface area contributed by atoms with Crippen LogP contribution >= 0.6 is 0 Å². The summed E-state index contributed by atoms with van der Waals surface area (Å²) in [4.78, 5) is 0. The van der Waals surface area contributed by atoms with E-state index in [2.05, 4.69) is 30.9 Å². The largest absolute Gasteiger partial charge is 0.0729 e. The van der Waals surface area contributed by atoms with Gasteiger partial charge in [-0.1, -0.05) is 61.6 Å². The average molecular weight is 224 g/mol. The summed E-state index contributed by atoms with van der Waals surface area (Å²) in [5, 5.41) is 0. The van der Waals surface area contributed by atoms with Gasteiger partial charge in [-0.15, -0.1) is 0 Å². The van der Waals surface area contributed by atoms with Crippen LogP contribution < -0.4 is 0 Å².